The normalized spacial score (nSPS) is 17.4. The van der Waals surface area contributed by atoms with Gasteiger partial charge < -0.3 is 19.4 Å². The second-order valence-corrected chi connectivity index (χ2v) is 9.06. The van der Waals surface area contributed by atoms with E-state index in [1.165, 1.54) is 4.90 Å². The van der Waals surface area contributed by atoms with Crippen LogP contribution in [-0.4, -0.2) is 75.0 Å². The number of amides is 2. The maximum absolute atomic E-state index is 13.7. The molecular formula is C26H32N4O3. The van der Waals surface area contributed by atoms with Gasteiger partial charge in [-0.2, -0.15) is 0 Å². The van der Waals surface area contributed by atoms with Crippen LogP contribution in [0, 0.1) is 0 Å². The van der Waals surface area contributed by atoms with Crippen LogP contribution < -0.4 is 14.5 Å². The Morgan fingerprint density at radius 3 is 2.18 bits per heavy atom. The summed E-state index contributed by atoms with van der Waals surface area (Å²) in [6.45, 7) is 7.04. The zero-order valence-electron chi connectivity index (χ0n) is 20.0. The molecule has 2 amide bonds. The van der Waals surface area contributed by atoms with E-state index in [1.807, 2.05) is 81.4 Å². The minimum Gasteiger partial charge on any atom is -0.491 e. The van der Waals surface area contributed by atoms with Crippen molar-refractivity contribution in [3.05, 3.63) is 59.8 Å². The van der Waals surface area contributed by atoms with E-state index in [-0.39, 0.29) is 17.9 Å². The summed E-state index contributed by atoms with van der Waals surface area (Å²) in [5.74, 6) is 0.183. The van der Waals surface area contributed by atoms with Gasteiger partial charge in [-0.25, -0.2) is 4.90 Å². The molecule has 0 saturated carbocycles. The maximum atomic E-state index is 13.7. The van der Waals surface area contributed by atoms with Gasteiger partial charge in [0.2, 0.25) is 0 Å². The van der Waals surface area contributed by atoms with Crippen LogP contribution in [-0.2, 0) is 9.59 Å². The van der Waals surface area contributed by atoms with Crippen LogP contribution in [0.3, 0.4) is 0 Å². The van der Waals surface area contributed by atoms with Crippen LogP contribution in [0.25, 0.3) is 5.57 Å². The second-order valence-electron chi connectivity index (χ2n) is 9.06. The molecule has 0 bridgehead atoms. The predicted octanol–water partition coefficient (Wildman–Crippen LogP) is 3.07. The molecule has 2 aliphatic rings. The van der Waals surface area contributed by atoms with Crippen molar-refractivity contribution in [1.82, 2.24) is 9.80 Å². The van der Waals surface area contributed by atoms with E-state index in [9.17, 15) is 9.59 Å². The first-order valence-corrected chi connectivity index (χ1v) is 11.4. The lowest BCUT2D eigenvalue weighted by molar-refractivity contribution is -0.120. The zero-order chi connectivity index (χ0) is 23.7. The quantitative estimate of drug-likeness (QED) is 0.633. The number of hydrogen-bond acceptors (Lipinski definition) is 6. The molecule has 0 atom stereocenters. The highest BCUT2D eigenvalue weighted by molar-refractivity contribution is 6.45. The molecule has 7 heteroatoms. The van der Waals surface area contributed by atoms with Crippen molar-refractivity contribution in [3.63, 3.8) is 0 Å². The Morgan fingerprint density at radius 1 is 0.909 bits per heavy atom. The van der Waals surface area contributed by atoms with Gasteiger partial charge in [-0.15, -0.1) is 0 Å². The average Bonchev–Trinajstić information content (AvgIpc) is 3.04. The average molecular weight is 449 g/mol. The number of rotatable bonds is 6. The van der Waals surface area contributed by atoms with Crippen LogP contribution in [0.15, 0.2) is 54.2 Å². The van der Waals surface area contributed by atoms with Gasteiger partial charge >= 0.3 is 0 Å². The van der Waals surface area contributed by atoms with Crippen molar-refractivity contribution in [1.29, 1.82) is 0 Å². The lowest BCUT2D eigenvalue weighted by atomic mass is 10.0. The Kier molecular flexibility index (Phi) is 6.42. The fourth-order valence-electron chi connectivity index (χ4n) is 4.22. The minimum absolute atomic E-state index is 0.0603. The molecule has 4 rings (SSSR count). The van der Waals surface area contributed by atoms with Crippen LogP contribution >= 0.6 is 0 Å². The topological polar surface area (TPSA) is 56.3 Å². The maximum Gasteiger partial charge on any atom is 0.282 e. The van der Waals surface area contributed by atoms with Crippen molar-refractivity contribution in [3.8, 4) is 5.75 Å². The fourth-order valence-corrected chi connectivity index (χ4v) is 4.22. The molecule has 0 N–H and O–H groups in total. The predicted molar refractivity (Wildman–Crippen MR) is 131 cm³/mol. The summed E-state index contributed by atoms with van der Waals surface area (Å²) in [6, 6.07) is 15.0. The summed E-state index contributed by atoms with van der Waals surface area (Å²) in [6.07, 6.45) is 0.0603. The van der Waals surface area contributed by atoms with Gasteiger partial charge in [0.25, 0.3) is 11.8 Å². The molecule has 0 spiro atoms. The van der Waals surface area contributed by atoms with E-state index in [0.717, 1.165) is 30.1 Å². The molecule has 2 aromatic rings. The Morgan fingerprint density at radius 2 is 1.58 bits per heavy atom. The Labute approximate surface area is 195 Å². The molecule has 1 fully saturated rings. The molecule has 2 aromatic carbocycles. The Hall–Kier alpha value is -3.32. The molecule has 2 heterocycles. The number of imide groups is 1. The fraction of sp³-hybridized carbons (Fsp3) is 0.385. The molecular weight excluding hydrogens is 416 g/mol. The Balaban J connectivity index is 1.76. The third kappa shape index (κ3) is 4.59. The van der Waals surface area contributed by atoms with Gasteiger partial charge in [0, 0.05) is 46.0 Å². The number of anilines is 2. The van der Waals surface area contributed by atoms with Crippen molar-refractivity contribution in [2.45, 2.75) is 20.0 Å². The lowest BCUT2D eigenvalue weighted by Gasteiger charge is -2.34. The summed E-state index contributed by atoms with van der Waals surface area (Å²) >= 11 is 0. The molecule has 2 aliphatic heterocycles. The molecule has 0 radical (unpaired) electrons. The first-order valence-electron chi connectivity index (χ1n) is 11.4. The highest BCUT2D eigenvalue weighted by atomic mass is 16.5. The first-order chi connectivity index (χ1) is 15.8. The summed E-state index contributed by atoms with van der Waals surface area (Å²) in [5.41, 5.74) is 3.18. The van der Waals surface area contributed by atoms with Crippen molar-refractivity contribution >= 4 is 28.8 Å². The van der Waals surface area contributed by atoms with E-state index >= 15 is 0 Å². The summed E-state index contributed by atoms with van der Waals surface area (Å²) in [5, 5.41) is 0. The molecule has 0 aromatic heterocycles. The largest absolute Gasteiger partial charge is 0.491 e. The van der Waals surface area contributed by atoms with Crippen LogP contribution in [0.5, 0.6) is 5.75 Å². The number of carbonyl (C=O) groups excluding carboxylic acids is 2. The van der Waals surface area contributed by atoms with Gasteiger partial charge in [-0.3, -0.25) is 9.59 Å². The third-order valence-electron chi connectivity index (χ3n) is 6.00. The number of benzene rings is 2. The van der Waals surface area contributed by atoms with Crippen LogP contribution in [0.1, 0.15) is 19.4 Å². The van der Waals surface area contributed by atoms with Gasteiger partial charge in [0.05, 0.1) is 17.4 Å². The number of ether oxygens (including phenoxy) is 1. The number of carbonyl (C=O) groups is 2. The van der Waals surface area contributed by atoms with Gasteiger partial charge in [-0.05, 0) is 56.8 Å². The molecule has 0 aliphatic carbocycles. The summed E-state index contributed by atoms with van der Waals surface area (Å²) in [7, 11) is 5.94. The zero-order valence-corrected chi connectivity index (χ0v) is 20.0. The number of likely N-dealkylation sites (N-methyl/N-ethyl adjacent to an activating group) is 1. The molecule has 33 heavy (non-hydrogen) atoms. The van der Waals surface area contributed by atoms with Gasteiger partial charge in [-0.1, -0.05) is 18.2 Å². The smallest absolute Gasteiger partial charge is 0.282 e. The monoisotopic (exact) mass is 448 g/mol. The number of hydrogen-bond donors (Lipinski definition) is 0. The van der Waals surface area contributed by atoms with Crippen molar-refractivity contribution < 1.29 is 14.3 Å². The number of nitrogens with zero attached hydrogens (tertiary/aromatic N) is 4. The van der Waals surface area contributed by atoms with Crippen LogP contribution in [0.4, 0.5) is 11.4 Å². The van der Waals surface area contributed by atoms with E-state index in [2.05, 4.69) is 16.8 Å². The third-order valence-corrected chi connectivity index (χ3v) is 6.00. The molecule has 0 unspecified atom stereocenters. The van der Waals surface area contributed by atoms with Gasteiger partial charge in [0.1, 0.15) is 11.4 Å². The number of piperazine rings is 1. The standard InChI is InChI=1S/C26H32N4O3/c1-18(2)33-22-11-9-19(10-12-22)23-24(29-15-13-28(5)14-16-29)26(32)30(25(23)31)21-8-6-7-20(17-21)27(3)4/h6-12,17-18H,13-16H2,1-5H3. The molecule has 174 valence electrons. The first kappa shape index (κ1) is 22.9. The van der Waals surface area contributed by atoms with Crippen LogP contribution in [0.2, 0.25) is 0 Å². The van der Waals surface area contributed by atoms with E-state index in [4.69, 9.17) is 4.74 Å². The summed E-state index contributed by atoms with van der Waals surface area (Å²) < 4.78 is 5.76. The highest BCUT2D eigenvalue weighted by Crippen LogP contribution is 2.36. The van der Waals surface area contributed by atoms with E-state index in [1.54, 1.807) is 0 Å². The summed E-state index contributed by atoms with van der Waals surface area (Å²) in [4.78, 5) is 35.0. The van der Waals surface area contributed by atoms with Crippen molar-refractivity contribution in [2.75, 3.05) is 57.1 Å². The van der Waals surface area contributed by atoms with E-state index in [0.29, 0.717) is 30.0 Å². The lowest BCUT2D eigenvalue weighted by Crippen LogP contribution is -2.46. The highest BCUT2D eigenvalue weighted by Gasteiger charge is 2.43. The van der Waals surface area contributed by atoms with Crippen molar-refractivity contribution in [2.24, 2.45) is 0 Å². The van der Waals surface area contributed by atoms with Gasteiger partial charge in [0.15, 0.2) is 0 Å². The molecule has 7 nitrogen and oxygen atoms in total. The Bertz CT molecular complexity index is 1070. The SMILES string of the molecule is CC(C)Oc1ccc(C2=C(N3CCN(C)CC3)C(=O)N(c3cccc(N(C)C)c3)C2=O)cc1. The minimum atomic E-state index is -0.289. The second kappa shape index (κ2) is 9.27. The molecule has 1 saturated heterocycles. The van der Waals surface area contributed by atoms with E-state index < -0.39 is 0 Å².